The first-order valence-electron chi connectivity index (χ1n) is 14.8. The van der Waals surface area contributed by atoms with Crippen molar-refractivity contribution in [3.63, 3.8) is 0 Å². The van der Waals surface area contributed by atoms with Crippen LogP contribution in [0.25, 0.3) is 0 Å². The molecule has 4 aromatic rings. The summed E-state index contributed by atoms with van der Waals surface area (Å²) < 4.78 is 34.1. The highest BCUT2D eigenvalue weighted by molar-refractivity contribution is 7.79. The number of rotatable bonds is 9. The Balaban J connectivity index is 1.75. The Morgan fingerprint density at radius 1 is 0.683 bits per heavy atom. The third kappa shape index (κ3) is 6.64. The van der Waals surface area contributed by atoms with Crippen molar-refractivity contribution in [2.24, 2.45) is 0 Å². The van der Waals surface area contributed by atoms with Crippen LogP contribution < -0.4 is 10.6 Å². The molecule has 5 rings (SSSR count). The first-order chi connectivity index (χ1) is 19.8. The van der Waals surface area contributed by atoms with Crippen molar-refractivity contribution in [3.8, 4) is 0 Å². The van der Waals surface area contributed by atoms with Crippen molar-refractivity contribution in [2.75, 3.05) is 6.54 Å². The molecule has 1 heterocycles. The van der Waals surface area contributed by atoms with Crippen LogP contribution in [0.1, 0.15) is 77.3 Å². The van der Waals surface area contributed by atoms with E-state index >= 15 is 8.78 Å². The van der Waals surface area contributed by atoms with Gasteiger partial charge in [0.2, 0.25) is 0 Å². The largest absolute Gasteiger partial charge is 0.251 e. The number of hydrogen-bond acceptors (Lipinski definition) is 1. The number of hydrogen-bond donors (Lipinski definition) is 0. The van der Waals surface area contributed by atoms with Gasteiger partial charge in [0.25, 0.3) is 0 Å². The van der Waals surface area contributed by atoms with Crippen LogP contribution in [-0.4, -0.2) is 11.0 Å². The van der Waals surface area contributed by atoms with Gasteiger partial charge in [-0.05, 0) is 90.4 Å². The second-order valence-corrected chi connectivity index (χ2v) is 16.4. The van der Waals surface area contributed by atoms with Crippen LogP contribution in [0.4, 0.5) is 8.78 Å². The van der Waals surface area contributed by atoms with E-state index in [0.29, 0.717) is 21.9 Å². The molecule has 4 aromatic carbocycles. The summed E-state index contributed by atoms with van der Waals surface area (Å²) in [5.74, 6) is -0.494. The predicted molar refractivity (Wildman–Crippen MR) is 174 cm³/mol. The minimum Gasteiger partial charge on any atom is -0.251 e. The average Bonchev–Trinajstić information content (AvgIpc) is 3.36. The fraction of sp³-hybridized carbons (Fsp3) is 0.333. The summed E-state index contributed by atoms with van der Waals surface area (Å²) in [5, 5.41) is 1.24. The summed E-state index contributed by atoms with van der Waals surface area (Å²) in [6, 6.07) is 28.0. The molecule has 5 heteroatoms. The maximum Gasteiger partial charge on any atom is 0.132 e. The lowest BCUT2D eigenvalue weighted by Gasteiger charge is -2.42. The van der Waals surface area contributed by atoms with Crippen molar-refractivity contribution < 1.29 is 8.78 Å². The van der Waals surface area contributed by atoms with E-state index in [2.05, 4.69) is 75.5 Å². The molecule has 1 saturated heterocycles. The Bertz CT molecular complexity index is 1360. The van der Waals surface area contributed by atoms with Crippen molar-refractivity contribution in [2.45, 2.75) is 71.6 Å². The van der Waals surface area contributed by atoms with E-state index in [0.717, 1.165) is 32.2 Å². The summed E-state index contributed by atoms with van der Waals surface area (Å²) in [7, 11) is -2.26. The maximum atomic E-state index is 15.8. The molecule has 0 radical (unpaired) electrons. The molecule has 1 nitrogen and oxygen atoms in total. The third-order valence-corrected chi connectivity index (χ3v) is 14.6. The Hall–Kier alpha value is -2.44. The lowest BCUT2D eigenvalue weighted by Crippen LogP contribution is -2.30. The molecule has 1 aliphatic heterocycles. The van der Waals surface area contributed by atoms with Crippen molar-refractivity contribution >= 4 is 26.8 Å². The van der Waals surface area contributed by atoms with Crippen molar-refractivity contribution in [1.82, 2.24) is 4.44 Å². The summed E-state index contributed by atoms with van der Waals surface area (Å²) in [6.07, 6.45) is 4.17. The highest BCUT2D eigenvalue weighted by Crippen LogP contribution is 2.76. The van der Waals surface area contributed by atoms with Gasteiger partial charge in [0, 0.05) is 36.5 Å². The van der Waals surface area contributed by atoms with Crippen LogP contribution in [0.15, 0.2) is 84.9 Å². The van der Waals surface area contributed by atoms with Gasteiger partial charge >= 0.3 is 0 Å². The standard InChI is InChI=1S/C36H41F2NP2/c1-6-7-18-39(41(35-14-10-8-12-31(35)37)36-15-11-9-13-32(36)38)40-33(29-21-25(2)19-26(3)22-29)16-17-34(40)30-23-27(4)20-28(5)24-30/h8-15,19-24,33-34H,6-7,16-18H2,1-5H3/t33-,34-/m0/s1. The van der Waals surface area contributed by atoms with Gasteiger partial charge in [-0.1, -0.05) is 96.3 Å². The number of aryl methyl sites for hydroxylation is 4. The van der Waals surface area contributed by atoms with E-state index in [1.807, 2.05) is 24.3 Å². The lowest BCUT2D eigenvalue weighted by molar-refractivity contribution is 0.617. The van der Waals surface area contributed by atoms with Gasteiger partial charge in [0.1, 0.15) is 11.6 Å². The van der Waals surface area contributed by atoms with Crippen LogP contribution in [0, 0.1) is 39.3 Å². The van der Waals surface area contributed by atoms with Gasteiger partial charge < -0.3 is 0 Å². The van der Waals surface area contributed by atoms with E-state index in [1.54, 1.807) is 12.1 Å². The Morgan fingerprint density at radius 3 is 1.49 bits per heavy atom. The van der Waals surface area contributed by atoms with E-state index in [1.165, 1.54) is 45.5 Å². The van der Waals surface area contributed by atoms with Crippen LogP contribution in [0.2, 0.25) is 0 Å². The molecule has 1 fully saturated rings. The molecule has 41 heavy (non-hydrogen) atoms. The summed E-state index contributed by atoms with van der Waals surface area (Å²) >= 11 is 0. The zero-order chi connectivity index (χ0) is 29.1. The monoisotopic (exact) mass is 587 g/mol. The zero-order valence-electron chi connectivity index (χ0n) is 24.9. The van der Waals surface area contributed by atoms with E-state index in [9.17, 15) is 0 Å². The fourth-order valence-electron chi connectivity index (χ4n) is 6.41. The predicted octanol–water partition coefficient (Wildman–Crippen LogP) is 10.3. The second kappa shape index (κ2) is 13.2. The molecule has 0 spiro atoms. The quantitative estimate of drug-likeness (QED) is 0.176. The molecule has 0 unspecified atom stereocenters. The second-order valence-electron chi connectivity index (χ2n) is 11.5. The van der Waals surface area contributed by atoms with E-state index in [-0.39, 0.29) is 11.6 Å². The minimum atomic E-state index is -1.43. The first kappa shape index (κ1) is 30.0. The van der Waals surface area contributed by atoms with Gasteiger partial charge in [-0.3, -0.25) is 4.44 Å². The summed E-state index contributed by atoms with van der Waals surface area (Å²) in [5.41, 5.74) is 8.50. The average molecular weight is 588 g/mol. The lowest BCUT2D eigenvalue weighted by atomic mass is 9.99. The van der Waals surface area contributed by atoms with Crippen LogP contribution in [0.3, 0.4) is 0 Å². The molecule has 0 N–H and O–H groups in total. The summed E-state index contributed by atoms with van der Waals surface area (Å²) in [6.45, 7) is 11.7. The Labute approximate surface area is 247 Å². The molecular formula is C36H41F2NP2. The van der Waals surface area contributed by atoms with Crippen LogP contribution >= 0.6 is 16.1 Å². The number of benzene rings is 4. The van der Waals surface area contributed by atoms with Crippen LogP contribution in [-0.2, 0) is 0 Å². The molecule has 214 valence electrons. The third-order valence-electron chi connectivity index (χ3n) is 7.98. The zero-order valence-corrected chi connectivity index (χ0v) is 26.7. The molecular weight excluding hydrogens is 546 g/mol. The first-order valence-corrected chi connectivity index (χ1v) is 17.5. The minimum absolute atomic E-state index is 0.247. The topological polar surface area (TPSA) is 3.24 Å². The number of nitrogens with zero attached hydrogens (tertiary/aromatic N) is 1. The molecule has 0 aliphatic carbocycles. The van der Waals surface area contributed by atoms with E-state index in [4.69, 9.17) is 0 Å². The van der Waals surface area contributed by atoms with E-state index < -0.39 is 16.1 Å². The highest BCUT2D eigenvalue weighted by atomic mass is 31.2. The highest BCUT2D eigenvalue weighted by Gasteiger charge is 2.45. The molecule has 0 aromatic heterocycles. The molecule has 2 atom stereocenters. The Morgan fingerprint density at radius 2 is 1.10 bits per heavy atom. The molecule has 0 bridgehead atoms. The summed E-state index contributed by atoms with van der Waals surface area (Å²) in [4.78, 5) is 0. The van der Waals surface area contributed by atoms with Crippen molar-refractivity contribution in [3.05, 3.63) is 130 Å². The van der Waals surface area contributed by atoms with Gasteiger partial charge in [-0.25, -0.2) is 8.78 Å². The number of halogens is 2. The van der Waals surface area contributed by atoms with Gasteiger partial charge in [0.15, 0.2) is 0 Å². The normalized spacial score (nSPS) is 17.6. The maximum absolute atomic E-state index is 15.8. The van der Waals surface area contributed by atoms with Gasteiger partial charge in [-0.2, -0.15) is 0 Å². The Kier molecular flexibility index (Phi) is 9.70. The molecule has 0 amide bonds. The van der Waals surface area contributed by atoms with Gasteiger partial charge in [-0.15, -0.1) is 0 Å². The number of unbranched alkanes of at least 4 members (excludes halogenated alkanes) is 1. The molecule has 0 saturated carbocycles. The molecule has 1 aliphatic rings. The van der Waals surface area contributed by atoms with Crippen LogP contribution in [0.5, 0.6) is 0 Å². The van der Waals surface area contributed by atoms with Gasteiger partial charge in [0.05, 0.1) is 0 Å². The van der Waals surface area contributed by atoms with Crippen molar-refractivity contribution in [1.29, 1.82) is 0 Å². The smallest absolute Gasteiger partial charge is 0.132 e. The fourth-order valence-corrected chi connectivity index (χ4v) is 13.9. The SMILES string of the molecule is CCCCN(P(c1ccccc1F)c1ccccc1F)P1[C@H](c2cc(C)cc(C)c2)CC[C@H]1c1cc(C)cc(C)c1.